The largest absolute Gasteiger partial charge is 0.507 e. The number of nitrogens with zero attached hydrogens (tertiary/aromatic N) is 6. The van der Waals surface area contributed by atoms with Crippen molar-refractivity contribution in [2.75, 3.05) is 50.5 Å². The molecule has 1 saturated heterocycles. The standard InChI is InChI=1S/C33H34N8O3/c1-4-41-30-23(20-36-33(38-30)37-24-7-9-25(10-8-24)40-15-13-39(3)14-16-40)17-27(32(41)44)26-11-5-21(18-29(26)42)22-6-12-28(35-19-22)31(43)34-2/h5-12,17-20,42H,4,13-16H2,1-3H3,(H,34,43)(H,36,37,38). The molecule has 0 unspecified atom stereocenters. The van der Waals surface area contributed by atoms with Crippen LogP contribution in [0, 0.1) is 0 Å². The van der Waals surface area contributed by atoms with Gasteiger partial charge in [-0.25, -0.2) is 4.98 Å². The molecule has 1 fully saturated rings. The molecule has 0 bridgehead atoms. The van der Waals surface area contributed by atoms with E-state index in [9.17, 15) is 14.7 Å². The van der Waals surface area contributed by atoms with Gasteiger partial charge in [0.25, 0.3) is 11.5 Å². The van der Waals surface area contributed by atoms with E-state index in [2.05, 4.69) is 54.6 Å². The number of phenolic OH excluding ortho intramolecular Hbond substituents is 1. The number of hydrogen-bond acceptors (Lipinski definition) is 9. The third kappa shape index (κ3) is 5.69. The molecule has 0 saturated carbocycles. The van der Waals surface area contributed by atoms with Gasteiger partial charge in [0.05, 0.1) is 5.56 Å². The lowest BCUT2D eigenvalue weighted by molar-refractivity contribution is 0.0958. The van der Waals surface area contributed by atoms with E-state index in [4.69, 9.17) is 0 Å². The molecule has 1 amide bonds. The Morgan fingerprint density at radius 2 is 1.66 bits per heavy atom. The minimum atomic E-state index is -0.277. The van der Waals surface area contributed by atoms with E-state index in [1.54, 1.807) is 54.3 Å². The number of benzene rings is 2. The maximum absolute atomic E-state index is 13.6. The van der Waals surface area contributed by atoms with Crippen molar-refractivity contribution < 1.29 is 9.90 Å². The minimum Gasteiger partial charge on any atom is -0.507 e. The number of fused-ring (bicyclic) bond motifs is 1. The maximum atomic E-state index is 13.6. The Kier molecular flexibility index (Phi) is 7.95. The molecule has 44 heavy (non-hydrogen) atoms. The summed E-state index contributed by atoms with van der Waals surface area (Å²) < 4.78 is 1.59. The number of piperazine rings is 1. The van der Waals surface area contributed by atoms with Gasteiger partial charge in [0.2, 0.25) is 5.95 Å². The summed E-state index contributed by atoms with van der Waals surface area (Å²) in [6, 6.07) is 18.4. The lowest BCUT2D eigenvalue weighted by atomic mass is 10.00. The molecule has 0 spiro atoms. The van der Waals surface area contributed by atoms with Gasteiger partial charge in [-0.1, -0.05) is 12.1 Å². The summed E-state index contributed by atoms with van der Waals surface area (Å²) in [5.41, 5.74) is 4.76. The number of rotatable bonds is 7. The molecule has 11 heteroatoms. The van der Waals surface area contributed by atoms with Gasteiger partial charge in [0, 0.05) is 80.1 Å². The van der Waals surface area contributed by atoms with Crippen molar-refractivity contribution in [3.05, 3.63) is 89.1 Å². The molecule has 1 aliphatic rings. The fraction of sp³-hybridized carbons (Fsp3) is 0.242. The van der Waals surface area contributed by atoms with Crippen LogP contribution in [0.1, 0.15) is 17.4 Å². The molecule has 11 nitrogen and oxygen atoms in total. The van der Waals surface area contributed by atoms with Crippen molar-refractivity contribution in [2.24, 2.45) is 0 Å². The van der Waals surface area contributed by atoms with Crippen LogP contribution >= 0.6 is 0 Å². The Hall–Kier alpha value is -5.29. The zero-order valence-corrected chi connectivity index (χ0v) is 24.9. The van der Waals surface area contributed by atoms with E-state index >= 15 is 0 Å². The van der Waals surface area contributed by atoms with Crippen LogP contribution in [0.25, 0.3) is 33.3 Å². The monoisotopic (exact) mass is 590 g/mol. The van der Waals surface area contributed by atoms with E-state index in [0.717, 1.165) is 37.4 Å². The van der Waals surface area contributed by atoms with Crippen LogP contribution in [0.3, 0.4) is 0 Å². The molecule has 3 N–H and O–H groups in total. The first kappa shape index (κ1) is 28.8. The second-order valence-corrected chi connectivity index (χ2v) is 10.8. The average molecular weight is 591 g/mol. The highest BCUT2D eigenvalue weighted by Gasteiger charge is 2.17. The molecule has 0 atom stereocenters. The van der Waals surface area contributed by atoms with Crippen molar-refractivity contribution in [1.82, 2.24) is 29.7 Å². The van der Waals surface area contributed by atoms with Crippen LogP contribution in [0.4, 0.5) is 17.3 Å². The quantitative estimate of drug-likeness (QED) is 0.257. The van der Waals surface area contributed by atoms with Crippen LogP contribution in [0.5, 0.6) is 5.75 Å². The Balaban J connectivity index is 1.26. The molecule has 2 aromatic carbocycles. The van der Waals surface area contributed by atoms with Crippen molar-refractivity contribution in [2.45, 2.75) is 13.5 Å². The number of aromatic hydroxyl groups is 1. The van der Waals surface area contributed by atoms with Crippen LogP contribution in [0.15, 0.2) is 77.9 Å². The number of pyridine rings is 2. The summed E-state index contributed by atoms with van der Waals surface area (Å²) in [7, 11) is 3.69. The fourth-order valence-corrected chi connectivity index (χ4v) is 5.42. The Morgan fingerprint density at radius 3 is 2.32 bits per heavy atom. The van der Waals surface area contributed by atoms with E-state index in [1.165, 1.54) is 5.69 Å². The number of aromatic nitrogens is 4. The van der Waals surface area contributed by atoms with Gasteiger partial charge >= 0.3 is 0 Å². The molecular weight excluding hydrogens is 556 g/mol. The highest BCUT2D eigenvalue weighted by atomic mass is 16.3. The highest BCUT2D eigenvalue weighted by molar-refractivity contribution is 5.92. The molecule has 3 aromatic heterocycles. The Labute approximate surface area is 254 Å². The van der Waals surface area contributed by atoms with E-state index < -0.39 is 0 Å². The lowest BCUT2D eigenvalue weighted by Crippen LogP contribution is -2.44. The van der Waals surface area contributed by atoms with E-state index in [0.29, 0.717) is 45.9 Å². The fourth-order valence-electron chi connectivity index (χ4n) is 5.42. The van der Waals surface area contributed by atoms with Crippen LogP contribution < -0.4 is 21.1 Å². The van der Waals surface area contributed by atoms with E-state index in [1.807, 2.05) is 25.1 Å². The Bertz CT molecular complexity index is 1880. The lowest BCUT2D eigenvalue weighted by Gasteiger charge is -2.34. The van der Waals surface area contributed by atoms with Crippen LogP contribution in [-0.4, -0.2) is 75.7 Å². The minimum absolute atomic E-state index is 0.0452. The summed E-state index contributed by atoms with van der Waals surface area (Å²) in [4.78, 5) is 43.6. The summed E-state index contributed by atoms with van der Waals surface area (Å²) in [5.74, 6) is 0.0687. The molecule has 6 rings (SSSR count). The number of hydrogen-bond donors (Lipinski definition) is 3. The third-order valence-electron chi connectivity index (χ3n) is 7.98. The number of anilines is 3. The van der Waals surface area contributed by atoms with Gasteiger partial charge in [-0.2, -0.15) is 4.98 Å². The zero-order valence-electron chi connectivity index (χ0n) is 24.9. The summed E-state index contributed by atoms with van der Waals surface area (Å²) in [6.45, 7) is 6.37. The molecule has 1 aliphatic heterocycles. The number of nitrogens with one attached hydrogen (secondary N) is 2. The van der Waals surface area contributed by atoms with Gasteiger partial charge in [-0.15, -0.1) is 0 Å². The zero-order chi connectivity index (χ0) is 30.8. The smallest absolute Gasteiger partial charge is 0.269 e. The summed E-state index contributed by atoms with van der Waals surface area (Å²) in [6.07, 6.45) is 3.26. The first-order valence-electron chi connectivity index (χ1n) is 14.6. The normalized spacial score (nSPS) is 13.7. The van der Waals surface area contributed by atoms with Gasteiger partial charge < -0.3 is 25.5 Å². The second kappa shape index (κ2) is 12.1. The van der Waals surface area contributed by atoms with Gasteiger partial charge in [0.1, 0.15) is 17.1 Å². The van der Waals surface area contributed by atoms with Crippen LogP contribution in [0.2, 0.25) is 0 Å². The first-order chi connectivity index (χ1) is 21.3. The van der Waals surface area contributed by atoms with Crippen LogP contribution in [-0.2, 0) is 6.54 Å². The summed E-state index contributed by atoms with van der Waals surface area (Å²) >= 11 is 0. The molecular formula is C33H34N8O3. The first-order valence-corrected chi connectivity index (χ1v) is 14.6. The predicted molar refractivity (Wildman–Crippen MR) is 173 cm³/mol. The number of amides is 1. The maximum Gasteiger partial charge on any atom is 0.269 e. The highest BCUT2D eigenvalue weighted by Crippen LogP contribution is 2.33. The van der Waals surface area contributed by atoms with Crippen molar-refractivity contribution >= 4 is 34.3 Å². The number of likely N-dealkylation sites (N-methyl/N-ethyl adjacent to an activating group) is 1. The van der Waals surface area contributed by atoms with Crippen molar-refractivity contribution in [3.8, 4) is 28.0 Å². The van der Waals surface area contributed by atoms with Gasteiger partial charge in [0.15, 0.2) is 0 Å². The predicted octanol–water partition coefficient (Wildman–Crippen LogP) is 4.10. The number of carbonyl (C=O) groups is 1. The number of carbonyl (C=O) groups excluding carboxylic acids is 1. The number of aryl methyl sites for hydroxylation is 1. The molecule has 0 radical (unpaired) electrons. The molecule has 0 aliphatic carbocycles. The van der Waals surface area contributed by atoms with Crippen molar-refractivity contribution in [1.29, 1.82) is 0 Å². The third-order valence-corrected chi connectivity index (χ3v) is 7.98. The van der Waals surface area contributed by atoms with Crippen molar-refractivity contribution in [3.63, 3.8) is 0 Å². The van der Waals surface area contributed by atoms with E-state index in [-0.39, 0.29) is 17.2 Å². The molecule has 224 valence electrons. The second-order valence-electron chi connectivity index (χ2n) is 10.8. The van der Waals surface area contributed by atoms with Gasteiger partial charge in [-0.3, -0.25) is 19.1 Å². The summed E-state index contributed by atoms with van der Waals surface area (Å²) in [5, 5.41) is 17.5. The average Bonchev–Trinajstić information content (AvgIpc) is 3.05. The number of phenols is 1. The SMILES string of the molecule is CCn1c(=O)c(-c2ccc(-c3ccc(C(=O)NC)nc3)cc2O)cc2cnc(Nc3ccc(N4CCN(C)CC4)cc3)nc21. The Morgan fingerprint density at radius 1 is 0.909 bits per heavy atom. The molecule has 4 heterocycles. The van der Waals surface area contributed by atoms with Gasteiger partial charge in [-0.05, 0) is 68.1 Å². The topological polar surface area (TPSA) is 129 Å². The molecule has 5 aromatic rings.